The van der Waals surface area contributed by atoms with E-state index in [0.717, 1.165) is 24.1 Å². The summed E-state index contributed by atoms with van der Waals surface area (Å²) in [5, 5.41) is 0. The highest BCUT2D eigenvalue weighted by atomic mass is 32.2. The van der Waals surface area contributed by atoms with E-state index in [1.54, 1.807) is 21.9 Å². The number of nitrogens with one attached hydrogen (secondary N) is 1. The standard InChI is InChI=1S/C18H25N3O4S/c1-13-5-8-20(9-6-13)18(23)12-19-26(24,25)16-3-4-17-15(11-16)7-10-21(17)14(2)22/h3-4,11,13,19H,5-10,12H2,1-2H3. The highest BCUT2D eigenvalue weighted by molar-refractivity contribution is 7.89. The third-order valence-electron chi connectivity index (χ3n) is 5.19. The van der Waals surface area contributed by atoms with E-state index >= 15 is 0 Å². The second-order valence-electron chi connectivity index (χ2n) is 7.10. The van der Waals surface area contributed by atoms with Gasteiger partial charge in [0.1, 0.15) is 0 Å². The highest BCUT2D eigenvalue weighted by Crippen LogP contribution is 2.30. The molecule has 1 saturated heterocycles. The Morgan fingerprint density at radius 3 is 2.54 bits per heavy atom. The summed E-state index contributed by atoms with van der Waals surface area (Å²) in [6.07, 6.45) is 2.54. The van der Waals surface area contributed by atoms with Crippen LogP contribution in [0.15, 0.2) is 23.1 Å². The van der Waals surface area contributed by atoms with Crippen LogP contribution in [0.5, 0.6) is 0 Å². The summed E-state index contributed by atoms with van der Waals surface area (Å²) in [6.45, 7) is 5.35. The van der Waals surface area contributed by atoms with Crippen LogP contribution in [0.1, 0.15) is 32.3 Å². The van der Waals surface area contributed by atoms with Gasteiger partial charge in [0.15, 0.2) is 0 Å². The van der Waals surface area contributed by atoms with Crippen molar-refractivity contribution in [2.75, 3.05) is 31.1 Å². The van der Waals surface area contributed by atoms with Crippen LogP contribution in [0.3, 0.4) is 0 Å². The lowest BCUT2D eigenvalue weighted by Crippen LogP contribution is -2.43. The van der Waals surface area contributed by atoms with Crippen LogP contribution in [0.25, 0.3) is 0 Å². The van der Waals surface area contributed by atoms with E-state index in [4.69, 9.17) is 0 Å². The molecule has 0 atom stereocenters. The largest absolute Gasteiger partial charge is 0.342 e. The van der Waals surface area contributed by atoms with E-state index in [1.165, 1.54) is 13.0 Å². The molecule has 142 valence electrons. The van der Waals surface area contributed by atoms with Gasteiger partial charge in [-0.2, -0.15) is 0 Å². The van der Waals surface area contributed by atoms with E-state index in [-0.39, 0.29) is 23.3 Å². The molecule has 2 amide bonds. The quantitative estimate of drug-likeness (QED) is 0.850. The maximum atomic E-state index is 12.5. The molecule has 7 nitrogen and oxygen atoms in total. The topological polar surface area (TPSA) is 86.8 Å². The van der Waals surface area contributed by atoms with E-state index in [2.05, 4.69) is 11.6 Å². The maximum absolute atomic E-state index is 12.5. The number of anilines is 1. The van der Waals surface area contributed by atoms with Gasteiger partial charge in [0.05, 0.1) is 11.4 Å². The molecule has 0 unspecified atom stereocenters. The minimum atomic E-state index is -3.77. The van der Waals surface area contributed by atoms with Crippen molar-refractivity contribution < 1.29 is 18.0 Å². The number of nitrogens with zero attached hydrogens (tertiary/aromatic N) is 2. The number of carbonyl (C=O) groups is 2. The van der Waals surface area contributed by atoms with Crippen LogP contribution in [0, 0.1) is 5.92 Å². The van der Waals surface area contributed by atoms with Crippen molar-refractivity contribution in [3.05, 3.63) is 23.8 Å². The van der Waals surface area contributed by atoms with Crippen molar-refractivity contribution in [2.24, 2.45) is 5.92 Å². The Labute approximate surface area is 154 Å². The summed E-state index contributed by atoms with van der Waals surface area (Å²) >= 11 is 0. The molecule has 0 bridgehead atoms. The number of rotatable bonds is 4. The summed E-state index contributed by atoms with van der Waals surface area (Å²) in [7, 11) is -3.77. The molecule has 1 N–H and O–H groups in total. The third-order valence-corrected chi connectivity index (χ3v) is 6.59. The second-order valence-corrected chi connectivity index (χ2v) is 8.87. The monoisotopic (exact) mass is 379 g/mol. The molecular formula is C18H25N3O4S. The fourth-order valence-corrected chi connectivity index (χ4v) is 4.51. The van der Waals surface area contributed by atoms with Crippen molar-refractivity contribution in [1.82, 2.24) is 9.62 Å². The zero-order valence-electron chi connectivity index (χ0n) is 15.2. The summed E-state index contributed by atoms with van der Waals surface area (Å²) in [5.41, 5.74) is 1.59. The first-order valence-corrected chi connectivity index (χ1v) is 10.4. The zero-order valence-corrected chi connectivity index (χ0v) is 16.0. The number of sulfonamides is 1. The predicted molar refractivity (Wildman–Crippen MR) is 98.3 cm³/mol. The van der Waals surface area contributed by atoms with Gasteiger partial charge in [0.2, 0.25) is 21.8 Å². The Morgan fingerprint density at radius 1 is 1.19 bits per heavy atom. The van der Waals surface area contributed by atoms with Gasteiger partial charge >= 0.3 is 0 Å². The Hall–Kier alpha value is -1.93. The predicted octanol–water partition coefficient (Wildman–Crippen LogP) is 1.13. The molecule has 1 aromatic carbocycles. The molecule has 0 spiro atoms. The molecule has 2 aliphatic heterocycles. The number of hydrogen-bond donors (Lipinski definition) is 1. The molecule has 0 aromatic heterocycles. The number of piperidine rings is 1. The van der Waals surface area contributed by atoms with Crippen molar-refractivity contribution in [2.45, 2.75) is 38.0 Å². The van der Waals surface area contributed by atoms with Crippen molar-refractivity contribution >= 4 is 27.5 Å². The van der Waals surface area contributed by atoms with Gasteiger partial charge < -0.3 is 9.80 Å². The average Bonchev–Trinajstić information content (AvgIpc) is 3.04. The van der Waals surface area contributed by atoms with Crippen LogP contribution in [0.2, 0.25) is 0 Å². The normalized spacial score (nSPS) is 18.1. The highest BCUT2D eigenvalue weighted by Gasteiger charge is 2.26. The smallest absolute Gasteiger partial charge is 0.241 e. The number of likely N-dealkylation sites (tertiary alicyclic amines) is 1. The lowest BCUT2D eigenvalue weighted by atomic mass is 9.99. The van der Waals surface area contributed by atoms with Crippen LogP contribution in [0.4, 0.5) is 5.69 Å². The molecule has 1 aromatic rings. The van der Waals surface area contributed by atoms with Gasteiger partial charge in [-0.05, 0) is 48.9 Å². The fraction of sp³-hybridized carbons (Fsp3) is 0.556. The molecule has 1 fully saturated rings. The second kappa shape index (κ2) is 7.36. The minimum Gasteiger partial charge on any atom is -0.342 e. The third kappa shape index (κ3) is 3.91. The van der Waals surface area contributed by atoms with E-state index in [1.807, 2.05) is 0 Å². The van der Waals surface area contributed by atoms with E-state index < -0.39 is 10.0 Å². The maximum Gasteiger partial charge on any atom is 0.241 e. The van der Waals surface area contributed by atoms with Gasteiger partial charge in [0, 0.05) is 32.2 Å². The molecule has 0 radical (unpaired) electrons. The van der Waals surface area contributed by atoms with Gasteiger partial charge in [-0.3, -0.25) is 9.59 Å². The molecule has 0 aliphatic carbocycles. The minimum absolute atomic E-state index is 0.0565. The number of hydrogen-bond acceptors (Lipinski definition) is 4. The van der Waals surface area contributed by atoms with Gasteiger partial charge in [-0.15, -0.1) is 0 Å². The van der Waals surface area contributed by atoms with E-state index in [9.17, 15) is 18.0 Å². The molecule has 26 heavy (non-hydrogen) atoms. The summed E-state index contributed by atoms with van der Waals surface area (Å²) < 4.78 is 27.5. The first-order valence-electron chi connectivity index (χ1n) is 8.96. The van der Waals surface area contributed by atoms with Gasteiger partial charge in [-0.1, -0.05) is 6.92 Å². The Kier molecular flexibility index (Phi) is 5.34. The van der Waals surface area contributed by atoms with Gasteiger partial charge in [0.25, 0.3) is 0 Å². The number of fused-ring (bicyclic) bond motifs is 1. The average molecular weight is 379 g/mol. The molecule has 2 heterocycles. The van der Waals surface area contributed by atoms with Crippen LogP contribution in [-0.4, -0.2) is 51.3 Å². The van der Waals surface area contributed by atoms with Crippen LogP contribution < -0.4 is 9.62 Å². The zero-order chi connectivity index (χ0) is 18.9. The van der Waals surface area contributed by atoms with E-state index in [0.29, 0.717) is 32.0 Å². The Bertz CT molecular complexity index is 814. The fourth-order valence-electron chi connectivity index (χ4n) is 3.48. The van der Waals surface area contributed by atoms with Crippen molar-refractivity contribution in [3.8, 4) is 0 Å². The lowest BCUT2D eigenvalue weighted by molar-refractivity contribution is -0.131. The number of carbonyl (C=O) groups excluding carboxylic acids is 2. The van der Waals surface area contributed by atoms with Crippen LogP contribution in [-0.2, 0) is 26.0 Å². The van der Waals surface area contributed by atoms with Crippen LogP contribution >= 0.6 is 0 Å². The first kappa shape index (κ1) is 18.8. The lowest BCUT2D eigenvalue weighted by Gasteiger charge is -2.30. The molecular weight excluding hydrogens is 354 g/mol. The summed E-state index contributed by atoms with van der Waals surface area (Å²) in [5.74, 6) is 0.361. The Morgan fingerprint density at radius 2 is 1.88 bits per heavy atom. The molecule has 3 rings (SSSR count). The summed E-state index contributed by atoms with van der Waals surface area (Å²) in [4.78, 5) is 27.3. The van der Waals surface area contributed by atoms with Gasteiger partial charge in [-0.25, -0.2) is 13.1 Å². The summed E-state index contributed by atoms with van der Waals surface area (Å²) in [6, 6.07) is 4.73. The Balaban J connectivity index is 1.65. The molecule has 8 heteroatoms. The SMILES string of the molecule is CC(=O)N1CCc2cc(S(=O)(=O)NCC(=O)N3CCC(C)CC3)ccc21. The molecule has 0 saturated carbocycles. The molecule has 2 aliphatic rings. The van der Waals surface area contributed by atoms with Crippen molar-refractivity contribution in [1.29, 1.82) is 0 Å². The number of amides is 2. The number of benzene rings is 1. The van der Waals surface area contributed by atoms with Crippen molar-refractivity contribution in [3.63, 3.8) is 0 Å². The first-order chi connectivity index (χ1) is 12.3.